The van der Waals surface area contributed by atoms with Gasteiger partial charge in [-0.3, -0.25) is 4.79 Å². The SMILES string of the molecule is C=C/C(F)=C\C=C(/C)CCC(=O)N1CCC(C(=C)NCc2nc3ccccc3[nH]2)(c2ccccc2)CC1. The number of halogens is 1. The number of imidazole rings is 1. The molecule has 1 aromatic heterocycles. The van der Waals surface area contributed by atoms with Crippen LogP contribution in [-0.2, 0) is 16.8 Å². The fraction of sp³-hybridized carbons (Fsp3) is 0.290. The molecule has 3 aromatic rings. The van der Waals surface area contributed by atoms with E-state index < -0.39 is 0 Å². The molecule has 0 aliphatic carbocycles. The second kappa shape index (κ2) is 11.9. The van der Waals surface area contributed by atoms with Gasteiger partial charge in [0, 0.05) is 30.6 Å². The fourth-order valence-corrected chi connectivity index (χ4v) is 4.94. The molecule has 0 spiro atoms. The van der Waals surface area contributed by atoms with E-state index in [4.69, 9.17) is 0 Å². The molecular weight excluding hydrogens is 463 g/mol. The molecule has 5 nitrogen and oxygen atoms in total. The highest BCUT2D eigenvalue weighted by Crippen LogP contribution is 2.40. The van der Waals surface area contributed by atoms with Gasteiger partial charge in [0.05, 0.1) is 17.6 Å². The van der Waals surface area contributed by atoms with E-state index in [9.17, 15) is 9.18 Å². The number of amides is 1. The number of nitrogens with one attached hydrogen (secondary N) is 2. The number of piperidine rings is 1. The maximum absolute atomic E-state index is 13.3. The number of likely N-dealkylation sites (tertiary alicyclic amines) is 1. The Morgan fingerprint density at radius 1 is 1.11 bits per heavy atom. The second-order valence-electron chi connectivity index (χ2n) is 9.63. The third kappa shape index (κ3) is 6.26. The number of benzene rings is 2. The number of hydrogen-bond donors (Lipinski definition) is 2. The number of rotatable bonds is 10. The topological polar surface area (TPSA) is 61.0 Å². The highest BCUT2D eigenvalue weighted by Gasteiger charge is 2.39. The summed E-state index contributed by atoms with van der Waals surface area (Å²) in [5.74, 6) is 0.612. The summed E-state index contributed by atoms with van der Waals surface area (Å²) in [5.41, 5.74) is 4.81. The summed E-state index contributed by atoms with van der Waals surface area (Å²) in [6.45, 7) is 11.7. The monoisotopic (exact) mass is 498 g/mol. The van der Waals surface area contributed by atoms with E-state index in [1.165, 1.54) is 17.7 Å². The van der Waals surface area contributed by atoms with E-state index in [2.05, 4.69) is 52.7 Å². The van der Waals surface area contributed by atoms with Crippen LogP contribution in [0, 0.1) is 0 Å². The Labute approximate surface area is 218 Å². The third-order valence-electron chi connectivity index (χ3n) is 7.24. The van der Waals surface area contributed by atoms with Crippen LogP contribution in [0.2, 0.25) is 0 Å². The summed E-state index contributed by atoms with van der Waals surface area (Å²) in [6.07, 6.45) is 6.85. The van der Waals surface area contributed by atoms with Crippen LogP contribution in [0.15, 0.2) is 103 Å². The van der Waals surface area contributed by atoms with Crippen LogP contribution in [0.4, 0.5) is 4.39 Å². The number of aromatic amines is 1. The first-order valence-corrected chi connectivity index (χ1v) is 12.8. The zero-order valence-corrected chi connectivity index (χ0v) is 21.5. The number of nitrogens with zero attached hydrogens (tertiary/aromatic N) is 2. The van der Waals surface area contributed by atoms with E-state index >= 15 is 0 Å². The molecule has 0 saturated carbocycles. The van der Waals surface area contributed by atoms with Gasteiger partial charge in [-0.05, 0) is 56.0 Å². The number of allylic oxidation sites excluding steroid dienone is 6. The lowest BCUT2D eigenvalue weighted by Crippen LogP contribution is -2.48. The fourth-order valence-electron chi connectivity index (χ4n) is 4.94. The van der Waals surface area contributed by atoms with Gasteiger partial charge in [0.2, 0.25) is 5.91 Å². The number of carbonyl (C=O) groups excluding carboxylic acids is 1. The van der Waals surface area contributed by atoms with E-state index in [0.717, 1.165) is 41.0 Å². The number of carbonyl (C=O) groups is 1. The minimum atomic E-state index is -0.381. The summed E-state index contributed by atoms with van der Waals surface area (Å²) in [6, 6.07) is 18.4. The van der Waals surface area contributed by atoms with Gasteiger partial charge in [-0.25, -0.2) is 9.37 Å². The predicted molar refractivity (Wildman–Crippen MR) is 148 cm³/mol. The van der Waals surface area contributed by atoms with Crippen LogP contribution in [-0.4, -0.2) is 33.9 Å². The summed E-state index contributed by atoms with van der Waals surface area (Å²) < 4.78 is 13.3. The van der Waals surface area contributed by atoms with Crippen LogP contribution >= 0.6 is 0 Å². The molecule has 192 valence electrons. The molecule has 2 aromatic carbocycles. The van der Waals surface area contributed by atoms with Gasteiger partial charge in [-0.1, -0.05) is 67.3 Å². The number of para-hydroxylation sites is 2. The molecule has 6 heteroatoms. The molecule has 4 rings (SSSR count). The van der Waals surface area contributed by atoms with Gasteiger partial charge >= 0.3 is 0 Å². The molecule has 2 N–H and O–H groups in total. The standard InChI is InChI=1S/C31H35FN4O/c1-4-26(32)16-14-23(2)15-17-30(37)36-20-18-31(19-21-36,25-10-6-5-7-11-25)24(3)33-22-29-34-27-12-8-9-13-28(27)35-29/h4-14,16,33H,1,3,15,17-22H2,2H3,(H,34,35)/b23-14+,26-16+. The van der Waals surface area contributed by atoms with Crippen molar-refractivity contribution in [1.82, 2.24) is 20.2 Å². The molecule has 2 heterocycles. The van der Waals surface area contributed by atoms with Gasteiger partial charge in [0.1, 0.15) is 11.7 Å². The Hall–Kier alpha value is -3.93. The molecule has 0 bridgehead atoms. The second-order valence-corrected chi connectivity index (χ2v) is 9.63. The molecule has 1 aliphatic rings. The number of fused-ring (bicyclic) bond motifs is 1. The summed E-state index contributed by atoms with van der Waals surface area (Å²) in [5, 5.41) is 3.54. The van der Waals surface area contributed by atoms with Crippen molar-refractivity contribution in [1.29, 1.82) is 0 Å². The molecular formula is C31H35FN4O. The highest BCUT2D eigenvalue weighted by atomic mass is 19.1. The highest BCUT2D eigenvalue weighted by molar-refractivity contribution is 5.76. The Kier molecular flexibility index (Phi) is 8.39. The Morgan fingerprint density at radius 3 is 2.51 bits per heavy atom. The van der Waals surface area contributed by atoms with Crippen molar-refractivity contribution in [2.24, 2.45) is 0 Å². The smallest absolute Gasteiger partial charge is 0.222 e. The van der Waals surface area contributed by atoms with Gasteiger partial charge in [-0.15, -0.1) is 0 Å². The first kappa shape index (κ1) is 26.1. The third-order valence-corrected chi connectivity index (χ3v) is 7.24. The van der Waals surface area contributed by atoms with Crippen molar-refractivity contribution in [3.8, 4) is 0 Å². The quantitative estimate of drug-likeness (QED) is 0.314. The lowest BCUT2D eigenvalue weighted by Gasteiger charge is -2.44. The molecule has 0 radical (unpaired) electrons. The Morgan fingerprint density at radius 2 is 1.81 bits per heavy atom. The Balaban J connectivity index is 1.41. The van der Waals surface area contributed by atoms with Crippen molar-refractivity contribution in [2.75, 3.05) is 13.1 Å². The van der Waals surface area contributed by atoms with Crippen molar-refractivity contribution in [3.05, 3.63) is 114 Å². The molecule has 1 saturated heterocycles. The zero-order valence-electron chi connectivity index (χ0n) is 21.5. The average molecular weight is 499 g/mol. The van der Waals surface area contributed by atoms with Gasteiger partial charge in [-0.2, -0.15) is 0 Å². The first-order chi connectivity index (χ1) is 17.9. The number of hydrogen-bond acceptors (Lipinski definition) is 3. The van der Waals surface area contributed by atoms with E-state index in [1.807, 2.05) is 42.2 Å². The summed E-state index contributed by atoms with van der Waals surface area (Å²) in [7, 11) is 0. The minimum Gasteiger partial charge on any atom is -0.381 e. The maximum atomic E-state index is 13.3. The van der Waals surface area contributed by atoms with Crippen molar-refractivity contribution in [2.45, 2.75) is 44.6 Å². The van der Waals surface area contributed by atoms with Crippen LogP contribution < -0.4 is 5.32 Å². The van der Waals surface area contributed by atoms with E-state index in [1.54, 1.807) is 6.08 Å². The van der Waals surface area contributed by atoms with Crippen LogP contribution in [0.5, 0.6) is 0 Å². The van der Waals surface area contributed by atoms with Gasteiger partial charge in [0.25, 0.3) is 0 Å². The summed E-state index contributed by atoms with van der Waals surface area (Å²) in [4.78, 5) is 22.9. The van der Waals surface area contributed by atoms with Gasteiger partial charge in [0.15, 0.2) is 0 Å². The lowest BCUT2D eigenvalue weighted by molar-refractivity contribution is -0.132. The van der Waals surface area contributed by atoms with E-state index in [-0.39, 0.29) is 17.1 Å². The van der Waals surface area contributed by atoms with Crippen LogP contribution in [0.1, 0.15) is 44.0 Å². The normalized spacial score (nSPS) is 16.0. The molecule has 37 heavy (non-hydrogen) atoms. The van der Waals surface area contributed by atoms with Gasteiger partial charge < -0.3 is 15.2 Å². The molecule has 0 unspecified atom stereocenters. The molecule has 1 aliphatic heterocycles. The van der Waals surface area contributed by atoms with Crippen LogP contribution in [0.25, 0.3) is 11.0 Å². The van der Waals surface area contributed by atoms with Crippen LogP contribution in [0.3, 0.4) is 0 Å². The molecule has 0 atom stereocenters. The van der Waals surface area contributed by atoms with Crippen molar-refractivity contribution in [3.63, 3.8) is 0 Å². The summed E-state index contributed by atoms with van der Waals surface area (Å²) >= 11 is 0. The average Bonchev–Trinajstić information content (AvgIpc) is 3.37. The lowest BCUT2D eigenvalue weighted by atomic mass is 9.70. The first-order valence-electron chi connectivity index (χ1n) is 12.8. The van der Waals surface area contributed by atoms with E-state index in [0.29, 0.717) is 32.5 Å². The number of H-pyrrole nitrogens is 1. The maximum Gasteiger partial charge on any atom is 0.222 e. The zero-order chi connectivity index (χ0) is 26.3. The molecule has 1 amide bonds. The Bertz CT molecular complexity index is 1280. The number of aromatic nitrogens is 2. The predicted octanol–water partition coefficient (Wildman–Crippen LogP) is 6.49. The van der Waals surface area contributed by atoms with Crippen molar-refractivity contribution >= 4 is 16.9 Å². The molecule has 1 fully saturated rings. The minimum absolute atomic E-state index is 0.128. The van der Waals surface area contributed by atoms with Crippen molar-refractivity contribution < 1.29 is 9.18 Å². The largest absolute Gasteiger partial charge is 0.381 e.